The van der Waals surface area contributed by atoms with Gasteiger partial charge in [0, 0.05) is 19.4 Å². The van der Waals surface area contributed by atoms with Crippen molar-refractivity contribution in [2.24, 2.45) is 5.92 Å². The van der Waals surface area contributed by atoms with Crippen LogP contribution >= 0.6 is 0 Å². The predicted octanol–water partition coefficient (Wildman–Crippen LogP) is 1.34. The molecule has 0 N–H and O–H groups in total. The maximum absolute atomic E-state index is 12.0. The average Bonchev–Trinajstić information content (AvgIpc) is 2.24. The Kier molecular flexibility index (Phi) is 3.88. The number of ether oxygens (including phenoxy) is 1. The van der Waals surface area contributed by atoms with Crippen molar-refractivity contribution in [3.05, 3.63) is 0 Å². The smallest absolute Gasteiger partial charge is 0.156 e. The summed E-state index contributed by atoms with van der Waals surface area (Å²) in [7, 11) is -1.36. The van der Waals surface area contributed by atoms with E-state index in [9.17, 15) is 13.2 Å². The number of carbonyl (C=O) groups is 1. The fourth-order valence-corrected chi connectivity index (χ4v) is 5.61. The third kappa shape index (κ3) is 2.55. The van der Waals surface area contributed by atoms with Gasteiger partial charge in [-0.25, -0.2) is 8.42 Å². The molecule has 98 valence electrons. The molecule has 4 nitrogen and oxygen atoms in total. The summed E-state index contributed by atoms with van der Waals surface area (Å²) in [5, 5.41) is -0.516. The van der Waals surface area contributed by atoms with Crippen LogP contribution in [0.3, 0.4) is 0 Å². The van der Waals surface area contributed by atoms with Crippen LogP contribution in [0.15, 0.2) is 0 Å². The monoisotopic (exact) mass is 260 g/mol. The topological polar surface area (TPSA) is 60.4 Å². The first kappa shape index (κ1) is 13.0. The van der Waals surface area contributed by atoms with Crippen LogP contribution in [0.1, 0.15) is 38.5 Å². The highest BCUT2D eigenvalue weighted by Crippen LogP contribution is 2.39. The zero-order chi connectivity index (χ0) is 12.5. The van der Waals surface area contributed by atoms with Gasteiger partial charge in [0.15, 0.2) is 9.84 Å². The molecule has 2 saturated heterocycles. The summed E-state index contributed by atoms with van der Waals surface area (Å²) in [5.41, 5.74) is 0. The minimum absolute atomic E-state index is 0.0519. The fraction of sp³-hybridized carbons (Fsp3) is 0.917. The molecule has 2 aliphatic heterocycles. The number of Topliss-reactive ketones (excluding diaryl/α,β-unsaturated/α-hetero) is 1. The quantitative estimate of drug-likeness (QED) is 0.765. The standard InChI is InChI=1S/C12H20O4S/c1-16-6-5-12(13)9-7-10-3-2-4-11(8-9)17(10,14)15/h9-11H,2-8H2,1H3. The number of hydrogen-bond acceptors (Lipinski definition) is 4. The van der Waals surface area contributed by atoms with Crippen molar-refractivity contribution in [3.63, 3.8) is 0 Å². The number of sulfone groups is 1. The molecule has 2 unspecified atom stereocenters. The van der Waals surface area contributed by atoms with Gasteiger partial charge in [0.1, 0.15) is 5.78 Å². The van der Waals surface area contributed by atoms with Gasteiger partial charge in [-0.2, -0.15) is 0 Å². The van der Waals surface area contributed by atoms with E-state index in [1.54, 1.807) is 7.11 Å². The van der Waals surface area contributed by atoms with Gasteiger partial charge < -0.3 is 4.74 Å². The van der Waals surface area contributed by atoms with Crippen molar-refractivity contribution < 1.29 is 17.9 Å². The Hall–Kier alpha value is -0.420. The minimum Gasteiger partial charge on any atom is -0.384 e. The van der Waals surface area contributed by atoms with Gasteiger partial charge in [-0.3, -0.25) is 4.79 Å². The summed E-state index contributed by atoms with van der Waals surface area (Å²) >= 11 is 0. The first-order chi connectivity index (χ1) is 8.05. The highest BCUT2D eigenvalue weighted by Gasteiger charge is 2.45. The van der Waals surface area contributed by atoms with Crippen LogP contribution in [0.4, 0.5) is 0 Å². The third-order valence-corrected chi connectivity index (χ3v) is 6.80. The first-order valence-corrected chi connectivity index (χ1v) is 7.91. The van der Waals surface area contributed by atoms with Crippen LogP contribution in [0, 0.1) is 5.92 Å². The van der Waals surface area contributed by atoms with Crippen LogP contribution in [-0.4, -0.2) is 38.4 Å². The van der Waals surface area contributed by atoms with E-state index in [2.05, 4.69) is 0 Å². The fourth-order valence-electron chi connectivity index (χ4n) is 3.08. The second-order valence-electron chi connectivity index (χ2n) is 5.14. The molecule has 0 aliphatic carbocycles. The second kappa shape index (κ2) is 5.06. The summed E-state index contributed by atoms with van der Waals surface area (Å²) in [6.45, 7) is 0.442. The Morgan fingerprint density at radius 1 is 1.24 bits per heavy atom. The molecule has 0 aromatic carbocycles. The molecule has 2 heterocycles. The molecule has 2 rings (SSSR count). The van der Waals surface area contributed by atoms with E-state index < -0.39 is 9.84 Å². The highest BCUT2D eigenvalue weighted by molar-refractivity contribution is 7.92. The zero-order valence-corrected chi connectivity index (χ0v) is 11.0. The number of fused-ring (bicyclic) bond motifs is 2. The number of ketones is 1. The van der Waals surface area contributed by atoms with Crippen molar-refractivity contribution in [3.8, 4) is 0 Å². The van der Waals surface area contributed by atoms with Gasteiger partial charge in [-0.1, -0.05) is 6.42 Å². The van der Waals surface area contributed by atoms with E-state index >= 15 is 0 Å². The van der Waals surface area contributed by atoms with Crippen LogP contribution in [-0.2, 0) is 19.4 Å². The molecule has 0 aromatic rings. The first-order valence-electron chi connectivity index (χ1n) is 6.30. The Balaban J connectivity index is 2.04. The van der Waals surface area contributed by atoms with Crippen molar-refractivity contribution in [2.45, 2.75) is 49.0 Å². The molecule has 0 amide bonds. The van der Waals surface area contributed by atoms with Gasteiger partial charge in [-0.15, -0.1) is 0 Å². The molecular weight excluding hydrogens is 240 g/mol. The molecule has 17 heavy (non-hydrogen) atoms. The average molecular weight is 260 g/mol. The summed E-state index contributed by atoms with van der Waals surface area (Å²) in [6.07, 6.45) is 3.98. The molecular formula is C12H20O4S. The van der Waals surface area contributed by atoms with Crippen molar-refractivity contribution in [1.29, 1.82) is 0 Å². The van der Waals surface area contributed by atoms with Crippen LogP contribution in [0.2, 0.25) is 0 Å². The molecule has 2 aliphatic rings. The molecule has 0 aromatic heterocycles. The molecule has 2 atom stereocenters. The van der Waals surface area contributed by atoms with E-state index in [0.717, 1.165) is 19.3 Å². The summed E-state index contributed by atoms with van der Waals surface area (Å²) < 4.78 is 29.0. The van der Waals surface area contributed by atoms with E-state index in [1.807, 2.05) is 0 Å². The van der Waals surface area contributed by atoms with E-state index in [-0.39, 0.29) is 22.2 Å². The van der Waals surface area contributed by atoms with Gasteiger partial charge in [0.25, 0.3) is 0 Å². The van der Waals surface area contributed by atoms with Crippen molar-refractivity contribution in [1.82, 2.24) is 0 Å². The molecule has 0 saturated carbocycles. The molecule has 0 radical (unpaired) electrons. The summed E-state index contributed by atoms with van der Waals surface area (Å²) in [6, 6.07) is 0. The van der Waals surface area contributed by atoms with E-state index in [0.29, 0.717) is 25.9 Å². The number of carbonyl (C=O) groups excluding carboxylic acids is 1. The maximum atomic E-state index is 12.0. The lowest BCUT2D eigenvalue weighted by Crippen LogP contribution is -2.45. The Morgan fingerprint density at radius 3 is 2.35 bits per heavy atom. The Bertz CT molecular complexity index is 367. The molecule has 0 spiro atoms. The normalized spacial score (nSPS) is 35.5. The Labute approximate surface area is 103 Å². The number of methoxy groups -OCH3 is 1. The minimum atomic E-state index is -2.94. The lowest BCUT2D eigenvalue weighted by Gasteiger charge is -2.38. The zero-order valence-electron chi connectivity index (χ0n) is 10.2. The summed E-state index contributed by atoms with van der Waals surface area (Å²) in [4.78, 5) is 11.9. The van der Waals surface area contributed by atoms with E-state index in [1.165, 1.54) is 0 Å². The largest absolute Gasteiger partial charge is 0.384 e. The molecule has 2 fully saturated rings. The van der Waals surface area contributed by atoms with Gasteiger partial charge in [0.05, 0.1) is 17.1 Å². The van der Waals surface area contributed by atoms with E-state index in [4.69, 9.17) is 4.74 Å². The maximum Gasteiger partial charge on any atom is 0.156 e. The lowest BCUT2D eigenvalue weighted by atomic mass is 9.86. The molecule has 5 heteroatoms. The number of hydrogen-bond donors (Lipinski definition) is 0. The van der Waals surface area contributed by atoms with Crippen molar-refractivity contribution >= 4 is 15.6 Å². The Morgan fingerprint density at radius 2 is 1.82 bits per heavy atom. The second-order valence-corrected chi connectivity index (χ2v) is 7.65. The van der Waals surface area contributed by atoms with Crippen molar-refractivity contribution in [2.75, 3.05) is 13.7 Å². The SMILES string of the molecule is COCCC(=O)C1CC2CCCC(C1)S2(=O)=O. The van der Waals surface area contributed by atoms with Crippen LogP contribution in [0.25, 0.3) is 0 Å². The number of rotatable bonds is 4. The highest BCUT2D eigenvalue weighted by atomic mass is 32.2. The van der Waals surface area contributed by atoms with Gasteiger partial charge >= 0.3 is 0 Å². The van der Waals surface area contributed by atoms with Gasteiger partial charge in [-0.05, 0) is 25.7 Å². The predicted molar refractivity (Wildman–Crippen MR) is 64.6 cm³/mol. The van der Waals surface area contributed by atoms with Crippen LogP contribution in [0.5, 0.6) is 0 Å². The lowest BCUT2D eigenvalue weighted by molar-refractivity contribution is -0.124. The third-order valence-electron chi connectivity index (χ3n) is 4.08. The summed E-state index contributed by atoms with van der Waals surface area (Å²) in [5.74, 6) is 0.127. The van der Waals surface area contributed by atoms with Gasteiger partial charge in [0.2, 0.25) is 0 Å². The van der Waals surface area contributed by atoms with Crippen LogP contribution < -0.4 is 0 Å². The molecule has 2 bridgehead atoms.